The standard InChI is InChI=1S/C26H28N2O2.C3H8.CH4/c1-6-9-19(12-11-18(4)5)20-13-15-21(16-14-20)25-17-23(26(29)28-30)22(8-3)24(27-25)10-7-2;1-3-2;/h6-17,30H,3H2,1-2,4-5H3,(H,28,29);3H2,1-2H3;1H4/b9-6-,10-7-,19-12+;;. The van der Waals surface area contributed by atoms with Gasteiger partial charge in [-0.05, 0) is 51.0 Å². The van der Waals surface area contributed by atoms with Gasteiger partial charge in [-0.2, -0.15) is 0 Å². The van der Waals surface area contributed by atoms with E-state index >= 15 is 0 Å². The molecule has 0 saturated carbocycles. The van der Waals surface area contributed by atoms with Crippen LogP contribution in [0.3, 0.4) is 0 Å². The van der Waals surface area contributed by atoms with Gasteiger partial charge in [0.25, 0.3) is 5.91 Å². The summed E-state index contributed by atoms with van der Waals surface area (Å²) in [5, 5.41) is 9.14. The number of hydrogen-bond acceptors (Lipinski definition) is 3. The average Bonchev–Trinajstić information content (AvgIpc) is 2.81. The lowest BCUT2D eigenvalue weighted by molar-refractivity contribution is 0.0706. The summed E-state index contributed by atoms with van der Waals surface area (Å²) in [5.74, 6) is -0.601. The van der Waals surface area contributed by atoms with Crippen LogP contribution in [0, 0.1) is 0 Å². The maximum Gasteiger partial charge on any atom is 0.275 e. The molecule has 0 aliphatic carbocycles. The lowest BCUT2D eigenvalue weighted by Gasteiger charge is -2.12. The summed E-state index contributed by atoms with van der Waals surface area (Å²) in [7, 11) is 0. The second kappa shape index (κ2) is 16.2. The number of hydroxylamine groups is 1. The third kappa shape index (κ3) is 8.80. The van der Waals surface area contributed by atoms with E-state index in [-0.39, 0.29) is 7.43 Å². The predicted octanol–water partition coefficient (Wildman–Crippen LogP) is 8.52. The number of pyridine rings is 1. The van der Waals surface area contributed by atoms with Gasteiger partial charge >= 0.3 is 0 Å². The molecular formula is C30H40N2O2. The highest BCUT2D eigenvalue weighted by Crippen LogP contribution is 2.27. The fraction of sp³-hybridized carbons (Fsp3) is 0.267. The molecule has 1 amide bonds. The van der Waals surface area contributed by atoms with Crippen molar-refractivity contribution in [1.29, 1.82) is 0 Å². The van der Waals surface area contributed by atoms with Crippen LogP contribution in [0.2, 0.25) is 0 Å². The van der Waals surface area contributed by atoms with Gasteiger partial charge in [0, 0.05) is 11.1 Å². The van der Waals surface area contributed by atoms with Crippen LogP contribution in [0.1, 0.15) is 82.6 Å². The zero-order chi connectivity index (χ0) is 24.8. The van der Waals surface area contributed by atoms with E-state index in [1.807, 2.05) is 56.3 Å². The molecule has 4 heteroatoms. The van der Waals surface area contributed by atoms with Crippen molar-refractivity contribution in [3.63, 3.8) is 0 Å². The first-order valence-electron chi connectivity index (χ1n) is 11.2. The Balaban J connectivity index is 0.00000258. The van der Waals surface area contributed by atoms with Crippen LogP contribution in [0.15, 0.2) is 72.9 Å². The monoisotopic (exact) mass is 460 g/mol. The van der Waals surface area contributed by atoms with Gasteiger partial charge in [-0.15, -0.1) is 0 Å². The maximum atomic E-state index is 12.2. The summed E-state index contributed by atoms with van der Waals surface area (Å²) in [5.41, 5.74) is 8.13. The Labute approximate surface area is 206 Å². The Kier molecular flexibility index (Phi) is 14.5. The molecule has 1 heterocycles. The number of allylic oxidation sites excluding steroid dienone is 7. The van der Waals surface area contributed by atoms with Gasteiger partial charge in [0.05, 0.1) is 17.0 Å². The smallest absolute Gasteiger partial charge is 0.275 e. The lowest BCUT2D eigenvalue weighted by atomic mass is 9.98. The van der Waals surface area contributed by atoms with Gasteiger partial charge in [0.1, 0.15) is 0 Å². The van der Waals surface area contributed by atoms with E-state index in [9.17, 15) is 4.79 Å². The summed E-state index contributed by atoms with van der Waals surface area (Å²) in [6, 6.07) is 9.68. The predicted molar refractivity (Wildman–Crippen MR) is 149 cm³/mol. The van der Waals surface area contributed by atoms with Crippen molar-refractivity contribution >= 4 is 23.6 Å². The highest BCUT2D eigenvalue weighted by Gasteiger charge is 2.16. The molecular weight excluding hydrogens is 420 g/mol. The maximum absolute atomic E-state index is 12.2. The molecule has 1 aromatic carbocycles. The van der Waals surface area contributed by atoms with Crippen LogP contribution < -0.4 is 5.48 Å². The second-order valence-corrected chi connectivity index (χ2v) is 7.65. The molecule has 2 N–H and O–H groups in total. The first-order valence-corrected chi connectivity index (χ1v) is 11.2. The molecule has 0 unspecified atom stereocenters. The zero-order valence-electron chi connectivity index (χ0n) is 20.6. The van der Waals surface area contributed by atoms with Crippen LogP contribution in [-0.2, 0) is 0 Å². The average molecular weight is 461 g/mol. The minimum absolute atomic E-state index is 0. The van der Waals surface area contributed by atoms with Gasteiger partial charge in [-0.1, -0.05) is 101 Å². The molecule has 2 rings (SSSR count). The number of nitrogens with zero attached hydrogens (tertiary/aromatic N) is 1. The van der Waals surface area contributed by atoms with Crippen molar-refractivity contribution in [2.45, 2.75) is 55.4 Å². The minimum atomic E-state index is -0.601. The molecule has 0 atom stereocenters. The summed E-state index contributed by atoms with van der Waals surface area (Å²) >= 11 is 0. The first-order chi connectivity index (χ1) is 15.9. The van der Waals surface area contributed by atoms with Crippen molar-refractivity contribution < 1.29 is 10.0 Å². The molecule has 0 radical (unpaired) electrons. The van der Waals surface area contributed by atoms with Crippen LogP contribution in [0.5, 0.6) is 0 Å². The van der Waals surface area contributed by atoms with E-state index < -0.39 is 5.91 Å². The number of carbonyl (C=O) groups is 1. The fourth-order valence-electron chi connectivity index (χ4n) is 2.99. The SMILES string of the molecule is C.C=Cc1c(C(=O)NO)cc(-c2ccc(C(/C=C\C)=C/C=C(C)C)cc2)nc1/C=C\C.CCC. The Bertz CT molecular complexity index is 1050. The van der Waals surface area contributed by atoms with E-state index in [1.165, 1.54) is 12.0 Å². The second-order valence-electron chi connectivity index (χ2n) is 7.65. The summed E-state index contributed by atoms with van der Waals surface area (Å²) in [6.07, 6.45) is 14.7. The highest BCUT2D eigenvalue weighted by molar-refractivity contribution is 5.99. The van der Waals surface area contributed by atoms with Gasteiger partial charge < -0.3 is 0 Å². The van der Waals surface area contributed by atoms with Crippen molar-refractivity contribution in [1.82, 2.24) is 10.5 Å². The lowest BCUT2D eigenvalue weighted by Crippen LogP contribution is -2.20. The van der Waals surface area contributed by atoms with Crippen molar-refractivity contribution in [2.24, 2.45) is 0 Å². The molecule has 4 nitrogen and oxygen atoms in total. The molecule has 182 valence electrons. The quantitative estimate of drug-likeness (QED) is 0.247. The topological polar surface area (TPSA) is 62.2 Å². The fourth-order valence-corrected chi connectivity index (χ4v) is 2.99. The normalized spacial score (nSPS) is 10.9. The molecule has 0 aliphatic heterocycles. The minimum Gasteiger partial charge on any atom is -0.288 e. The van der Waals surface area contributed by atoms with E-state index in [0.29, 0.717) is 22.5 Å². The Morgan fingerprint density at radius 3 is 2.18 bits per heavy atom. The summed E-state index contributed by atoms with van der Waals surface area (Å²) in [6.45, 7) is 16.0. The third-order valence-corrected chi connectivity index (χ3v) is 4.42. The molecule has 0 aliphatic rings. The van der Waals surface area contributed by atoms with Gasteiger partial charge in [0.15, 0.2) is 0 Å². The molecule has 0 saturated heterocycles. The number of hydrogen-bond donors (Lipinski definition) is 2. The van der Waals surface area contributed by atoms with Crippen molar-refractivity contribution in [3.8, 4) is 11.3 Å². The van der Waals surface area contributed by atoms with Crippen molar-refractivity contribution in [2.75, 3.05) is 0 Å². The number of benzene rings is 1. The molecule has 0 spiro atoms. The highest BCUT2D eigenvalue weighted by atomic mass is 16.5. The molecule has 1 aromatic heterocycles. The van der Waals surface area contributed by atoms with Crippen LogP contribution >= 0.6 is 0 Å². The van der Waals surface area contributed by atoms with Gasteiger partial charge in [-0.25, -0.2) is 10.5 Å². The summed E-state index contributed by atoms with van der Waals surface area (Å²) in [4.78, 5) is 16.9. The first kappa shape index (κ1) is 30.5. The number of aromatic nitrogens is 1. The zero-order valence-corrected chi connectivity index (χ0v) is 20.6. The van der Waals surface area contributed by atoms with Crippen LogP contribution in [0.25, 0.3) is 29.0 Å². The molecule has 0 bridgehead atoms. The van der Waals surface area contributed by atoms with Crippen LogP contribution in [-0.4, -0.2) is 16.1 Å². The Morgan fingerprint density at radius 1 is 1.09 bits per heavy atom. The molecule has 0 fully saturated rings. The Hall–Kier alpha value is -3.50. The van der Waals surface area contributed by atoms with E-state index in [4.69, 9.17) is 10.2 Å². The van der Waals surface area contributed by atoms with Crippen LogP contribution in [0.4, 0.5) is 0 Å². The van der Waals surface area contributed by atoms with E-state index in [2.05, 4.69) is 52.5 Å². The van der Waals surface area contributed by atoms with E-state index in [0.717, 1.165) is 16.7 Å². The third-order valence-electron chi connectivity index (χ3n) is 4.42. The number of rotatable bonds is 7. The Morgan fingerprint density at radius 2 is 1.71 bits per heavy atom. The largest absolute Gasteiger partial charge is 0.288 e. The molecule has 34 heavy (non-hydrogen) atoms. The number of carbonyl (C=O) groups excluding carboxylic acids is 1. The number of amides is 1. The van der Waals surface area contributed by atoms with Crippen molar-refractivity contribution in [3.05, 3.63) is 95.2 Å². The molecule has 2 aromatic rings. The number of nitrogens with one attached hydrogen (secondary N) is 1. The van der Waals surface area contributed by atoms with Gasteiger partial charge in [-0.3, -0.25) is 10.0 Å². The van der Waals surface area contributed by atoms with E-state index in [1.54, 1.807) is 17.6 Å². The summed E-state index contributed by atoms with van der Waals surface area (Å²) < 4.78 is 0. The van der Waals surface area contributed by atoms with Gasteiger partial charge in [0.2, 0.25) is 0 Å².